The minimum atomic E-state index is -3.32. The smallest absolute Gasteiger partial charge is 0.319 e. The number of fused-ring (bicyclic) bond motifs is 6. The number of aliphatic hydroxyl groups is 1. The van der Waals surface area contributed by atoms with Crippen molar-refractivity contribution >= 4 is 90.4 Å². The maximum atomic E-state index is 11.6. The van der Waals surface area contributed by atoms with E-state index in [1.165, 1.54) is 16.9 Å². The molecule has 0 unspecified atom stereocenters. The highest BCUT2D eigenvalue weighted by Crippen LogP contribution is 2.39. The Morgan fingerprint density at radius 3 is 1.80 bits per heavy atom. The van der Waals surface area contributed by atoms with Crippen LogP contribution < -0.4 is 81.5 Å². The second kappa shape index (κ2) is 28.2. The van der Waals surface area contributed by atoms with Gasteiger partial charge in [-0.2, -0.15) is 0 Å². The average molecular weight is 1160 g/mol. The number of nitrogens with one attached hydrogen (secondary N) is 10. The molecular formula is C60H79N13O9S. The topological polar surface area (TPSA) is 263 Å². The van der Waals surface area contributed by atoms with Gasteiger partial charge in [-0.3, -0.25) is 13.9 Å². The number of carbonyl (C=O) groups excluding carboxylic acids is 3. The van der Waals surface area contributed by atoms with Gasteiger partial charge in [-0.1, -0.05) is 18.2 Å². The van der Waals surface area contributed by atoms with Crippen molar-refractivity contribution in [3.8, 4) is 17.2 Å². The molecule has 6 aliphatic rings. The number of β-amino-alcohol motifs (C(OH)–C–C–N with tert-alkyl or cyclic N) is 1. The number of nitrogens with zero attached hydrogens (tertiary/aromatic N) is 3. The summed E-state index contributed by atoms with van der Waals surface area (Å²) < 4.78 is 40.5. The van der Waals surface area contributed by atoms with Gasteiger partial charge in [0.15, 0.2) is 0 Å². The molecule has 22 nitrogen and oxygen atoms in total. The Labute approximate surface area is 487 Å². The van der Waals surface area contributed by atoms with Crippen molar-refractivity contribution in [2.45, 2.75) is 38.8 Å². The molecule has 0 spiro atoms. The summed E-state index contributed by atoms with van der Waals surface area (Å²) >= 11 is 0. The molecule has 444 valence electrons. The summed E-state index contributed by atoms with van der Waals surface area (Å²) in [5.74, 6) is 2.35. The predicted octanol–water partition coefficient (Wildman–Crippen LogP) is 7.54. The van der Waals surface area contributed by atoms with Crippen molar-refractivity contribution in [1.29, 1.82) is 0 Å². The van der Waals surface area contributed by atoms with Crippen molar-refractivity contribution in [2.24, 2.45) is 0 Å². The highest BCUT2D eigenvalue weighted by atomic mass is 32.2. The van der Waals surface area contributed by atoms with Gasteiger partial charge in [-0.05, 0) is 122 Å². The molecule has 0 saturated carbocycles. The summed E-state index contributed by atoms with van der Waals surface area (Å²) in [5.41, 5.74) is 14.9. The van der Waals surface area contributed by atoms with Crippen LogP contribution in [-0.4, -0.2) is 133 Å². The molecule has 0 aliphatic carbocycles. The lowest BCUT2D eigenvalue weighted by Crippen LogP contribution is -2.35. The zero-order chi connectivity index (χ0) is 59.8. The third-order valence-corrected chi connectivity index (χ3v) is 16.0. The summed E-state index contributed by atoms with van der Waals surface area (Å²) in [6, 6.07) is 35.2. The third kappa shape index (κ3) is 15.3. The second-order valence-corrected chi connectivity index (χ2v) is 22.1. The van der Waals surface area contributed by atoms with Gasteiger partial charge >= 0.3 is 6.03 Å². The first-order valence-corrected chi connectivity index (χ1v) is 28.9. The van der Waals surface area contributed by atoms with E-state index in [2.05, 4.69) is 82.1 Å². The summed E-state index contributed by atoms with van der Waals surface area (Å²) in [7, 11) is 11.5. The molecule has 23 heteroatoms. The molecule has 0 saturated heterocycles. The van der Waals surface area contributed by atoms with E-state index in [0.717, 1.165) is 105 Å². The number of ether oxygens (including phenoxy) is 3. The average Bonchev–Trinajstić information content (AvgIpc) is 3.85. The van der Waals surface area contributed by atoms with E-state index >= 15 is 0 Å². The molecule has 12 rings (SSSR count). The summed E-state index contributed by atoms with van der Waals surface area (Å²) in [6.45, 7) is 9.21. The normalized spacial score (nSPS) is 15.6. The number of hydrogen-bond acceptors (Lipinski definition) is 17. The van der Waals surface area contributed by atoms with E-state index in [1.807, 2.05) is 134 Å². The molecule has 0 aromatic heterocycles. The molecule has 11 N–H and O–H groups in total. The van der Waals surface area contributed by atoms with Crippen molar-refractivity contribution in [3.63, 3.8) is 0 Å². The highest BCUT2D eigenvalue weighted by molar-refractivity contribution is 7.92. The molecule has 4 amide bonds. The minimum Gasteiger partial charge on any atom is -0.490 e. The van der Waals surface area contributed by atoms with Gasteiger partial charge in [-0.15, -0.1) is 0 Å². The Kier molecular flexibility index (Phi) is 20.9. The van der Waals surface area contributed by atoms with Crippen LogP contribution in [0, 0.1) is 0 Å². The molecule has 6 aromatic carbocycles. The Hall–Kier alpha value is -8.96. The van der Waals surface area contributed by atoms with Crippen molar-refractivity contribution in [3.05, 3.63) is 131 Å². The van der Waals surface area contributed by atoms with Crippen LogP contribution in [0.15, 0.2) is 109 Å². The van der Waals surface area contributed by atoms with Crippen molar-refractivity contribution in [2.75, 3.05) is 158 Å². The second-order valence-electron chi connectivity index (χ2n) is 20.1. The number of anilines is 11. The fourth-order valence-electron chi connectivity index (χ4n) is 9.46. The van der Waals surface area contributed by atoms with Crippen molar-refractivity contribution < 1.29 is 42.1 Å². The largest absolute Gasteiger partial charge is 0.490 e. The summed E-state index contributed by atoms with van der Waals surface area (Å²) in [5, 5.41) is 38.5. The number of carbonyl (C=O) groups is 3. The van der Waals surface area contributed by atoms with E-state index in [4.69, 9.17) is 19.3 Å². The number of hydrogen-bond donors (Lipinski definition) is 11. The van der Waals surface area contributed by atoms with Crippen LogP contribution in [-0.2, 0) is 44.5 Å². The van der Waals surface area contributed by atoms with Crippen LogP contribution >= 0.6 is 0 Å². The summed E-state index contributed by atoms with van der Waals surface area (Å²) in [6.07, 6.45) is 0.505. The first kappa shape index (κ1) is 61.7. The summed E-state index contributed by atoms with van der Waals surface area (Å²) in [4.78, 5) is 38.0. The predicted molar refractivity (Wildman–Crippen MR) is 335 cm³/mol. The number of benzene rings is 6. The maximum absolute atomic E-state index is 11.6. The molecule has 6 aliphatic heterocycles. The molecule has 0 atom stereocenters. The lowest BCUT2D eigenvalue weighted by atomic mass is 9.86. The fourth-order valence-corrected chi connectivity index (χ4v) is 10.3. The van der Waals surface area contributed by atoms with Crippen LogP contribution in [0.4, 0.5) is 67.4 Å². The number of urea groups is 1. The van der Waals surface area contributed by atoms with Gasteiger partial charge in [-0.25, -0.2) is 13.2 Å². The van der Waals surface area contributed by atoms with Gasteiger partial charge in [0.2, 0.25) is 17.8 Å². The van der Waals surface area contributed by atoms with Gasteiger partial charge < -0.3 is 82.3 Å². The Morgan fingerprint density at radius 1 is 0.590 bits per heavy atom. The zero-order valence-corrected chi connectivity index (χ0v) is 49.7. The highest BCUT2D eigenvalue weighted by Gasteiger charge is 2.38. The SMILES string of the molecule is CNc1ccc2c(c1)CC(=O)NC2.CNc1ccc2c(c1)N(C)CCO2.CNc1ccc2c(c1)N(C)S(=O)(=O)CO2.CNc1ccc2c(c1)N(CCO)CCO2.CNc1ccc2c(c1)NC(=O)C2(C)C.CNc1cccc2c1CNC(=O)N2. The van der Waals surface area contributed by atoms with E-state index in [-0.39, 0.29) is 30.4 Å². The number of rotatable bonds is 8. The number of aliphatic hydroxyl groups excluding tert-OH is 1. The van der Waals surface area contributed by atoms with Gasteiger partial charge in [0, 0.05) is 127 Å². The molecule has 0 fully saturated rings. The molecule has 6 aromatic rings. The first-order valence-electron chi connectivity index (χ1n) is 27.3. The number of sulfonamides is 1. The van der Waals surface area contributed by atoms with E-state index in [1.54, 1.807) is 19.2 Å². The molecule has 0 radical (unpaired) electrons. The Morgan fingerprint density at radius 2 is 1.16 bits per heavy atom. The van der Waals surface area contributed by atoms with Gasteiger partial charge in [0.25, 0.3) is 10.0 Å². The van der Waals surface area contributed by atoms with Crippen LogP contribution in [0.5, 0.6) is 17.2 Å². The lowest BCUT2D eigenvalue weighted by molar-refractivity contribution is -0.121. The monoisotopic (exact) mass is 1160 g/mol. The quantitative estimate of drug-likeness (QED) is 0.0703. The van der Waals surface area contributed by atoms with Crippen LogP contribution in [0.3, 0.4) is 0 Å². The molecule has 6 heterocycles. The van der Waals surface area contributed by atoms with Crippen LogP contribution in [0.2, 0.25) is 0 Å². The Balaban J connectivity index is 0.000000143. The fraction of sp³-hybridized carbons (Fsp3) is 0.350. The molecular weight excluding hydrogens is 1080 g/mol. The van der Waals surface area contributed by atoms with Crippen LogP contribution in [0.1, 0.15) is 36.1 Å². The maximum Gasteiger partial charge on any atom is 0.319 e. The lowest BCUT2D eigenvalue weighted by Gasteiger charge is -2.31. The third-order valence-electron chi connectivity index (χ3n) is 14.5. The van der Waals surface area contributed by atoms with Crippen LogP contribution in [0.25, 0.3) is 0 Å². The van der Waals surface area contributed by atoms with E-state index < -0.39 is 15.4 Å². The standard InChI is InChI=1S/C11H16N2O2.C11H14N2O.C10H14N2O.C10H12N2O.C9H11N3O.C9H12N2O3S/c1-12-9-2-3-11-10(8-9)13(4-6-14)5-7-15-11;1-11(2)8-5-4-7(12-3)6-9(8)13-10(11)14;1-11-8-3-4-10-9(7-8)12(2)5-6-13-10;1-11-9-3-2-7-6-12-10(13)5-8(7)4-9;1-10-7-3-2-4-8-6(7)5-11-9(13)12-8;1-10-7-3-4-9-8(5-7)11(2)15(12,13)6-14-9/h2-3,8,12,14H,4-7H2,1H3;4-6,12H,1-3H3,(H,13,14);3-4,7,11H,5-6H2,1-2H3;2-4,11H,5-6H2,1H3,(H,12,13);2-4,10H,5H2,1H3,(H2,11,12,13);3-5,10H,6H2,1-2H3. The van der Waals surface area contributed by atoms with Gasteiger partial charge in [0.1, 0.15) is 30.5 Å². The number of amides is 4. The van der Waals surface area contributed by atoms with Crippen molar-refractivity contribution in [1.82, 2.24) is 10.6 Å². The van der Waals surface area contributed by atoms with E-state index in [0.29, 0.717) is 44.1 Å². The zero-order valence-electron chi connectivity index (χ0n) is 48.9. The number of likely N-dealkylation sites (N-methyl/N-ethyl adjacent to an activating group) is 1. The van der Waals surface area contributed by atoms with E-state index in [9.17, 15) is 22.8 Å². The Bertz CT molecular complexity index is 3360. The van der Waals surface area contributed by atoms with Gasteiger partial charge in [0.05, 0.1) is 48.6 Å². The molecule has 0 bridgehead atoms. The first-order chi connectivity index (χ1) is 39.9. The molecule has 83 heavy (non-hydrogen) atoms. The minimum absolute atomic E-state index is 0.0701.